The van der Waals surface area contributed by atoms with Crippen LogP contribution in [0.2, 0.25) is 5.02 Å². The molecular weight excluding hydrogens is 430 g/mol. The lowest BCUT2D eigenvalue weighted by Crippen LogP contribution is -2.45. The number of nitrogens with zero attached hydrogens (tertiary/aromatic N) is 2. The van der Waals surface area contributed by atoms with E-state index < -0.39 is 0 Å². The number of fused-ring (bicyclic) bond motifs is 2. The maximum atomic E-state index is 13.2. The zero-order chi connectivity index (χ0) is 21.5. The van der Waals surface area contributed by atoms with Crippen LogP contribution in [0, 0.1) is 0 Å². The molecule has 1 N–H and O–H groups in total. The second kappa shape index (κ2) is 8.49. The Morgan fingerprint density at radius 3 is 2.81 bits per heavy atom. The molecule has 3 aromatic rings. The van der Waals surface area contributed by atoms with E-state index in [1.807, 2.05) is 41.5 Å². The minimum atomic E-state index is -0.159. The number of ketones is 1. The number of rotatable bonds is 4. The van der Waals surface area contributed by atoms with E-state index in [1.54, 1.807) is 6.07 Å². The number of Topliss-reactive ketones (excluding diaryl/α,β-unsaturated/α-hetero) is 1. The van der Waals surface area contributed by atoms with E-state index in [0.29, 0.717) is 5.02 Å². The van der Waals surface area contributed by atoms with Crippen LogP contribution in [0.4, 0.5) is 0 Å². The molecule has 3 heterocycles. The Hall–Kier alpha value is -2.02. The van der Waals surface area contributed by atoms with Gasteiger partial charge in [-0.2, -0.15) is 0 Å². The summed E-state index contributed by atoms with van der Waals surface area (Å²) in [5, 5.41) is 0.615. The van der Waals surface area contributed by atoms with Crippen molar-refractivity contribution in [1.82, 2.24) is 14.5 Å². The maximum Gasteiger partial charge on any atom is 0.326 e. The summed E-state index contributed by atoms with van der Waals surface area (Å²) in [6.45, 7) is 3.60. The Balaban J connectivity index is 1.29. The molecule has 2 aliphatic heterocycles. The number of thioether (sulfide) groups is 1. The number of nitrogens with one attached hydrogen (secondary N) is 1. The summed E-state index contributed by atoms with van der Waals surface area (Å²) in [6, 6.07) is 11.7. The van der Waals surface area contributed by atoms with Gasteiger partial charge in [-0.05, 0) is 74.3 Å². The summed E-state index contributed by atoms with van der Waals surface area (Å²) in [4.78, 5) is 32.2. The molecule has 2 aromatic carbocycles. The van der Waals surface area contributed by atoms with Gasteiger partial charge in [-0.25, -0.2) is 4.79 Å². The van der Waals surface area contributed by atoms with E-state index in [0.717, 1.165) is 54.7 Å². The fraction of sp³-hybridized carbons (Fsp3) is 0.417. The molecule has 0 saturated carbocycles. The monoisotopic (exact) mass is 455 g/mol. The van der Waals surface area contributed by atoms with E-state index in [1.165, 1.54) is 16.9 Å². The molecule has 31 heavy (non-hydrogen) atoms. The molecule has 1 unspecified atom stereocenters. The number of hydrogen-bond donors (Lipinski definition) is 1. The molecule has 0 radical (unpaired) electrons. The number of aryl methyl sites for hydroxylation is 1. The first-order chi connectivity index (χ1) is 15.0. The largest absolute Gasteiger partial charge is 0.326 e. The summed E-state index contributed by atoms with van der Waals surface area (Å²) < 4.78 is 1.86. The number of hydrogen-bond acceptors (Lipinski definition) is 4. The molecular formula is C24H26ClN3O2S. The zero-order valence-corrected chi connectivity index (χ0v) is 19.1. The highest BCUT2D eigenvalue weighted by Crippen LogP contribution is 2.32. The van der Waals surface area contributed by atoms with Crippen molar-refractivity contribution < 1.29 is 4.79 Å². The molecule has 7 heteroatoms. The van der Waals surface area contributed by atoms with Crippen LogP contribution in [0.5, 0.6) is 0 Å². The van der Waals surface area contributed by atoms with Gasteiger partial charge in [0.05, 0.1) is 17.1 Å². The second-order valence-electron chi connectivity index (χ2n) is 8.54. The van der Waals surface area contributed by atoms with Crippen molar-refractivity contribution in [2.45, 2.75) is 49.6 Å². The van der Waals surface area contributed by atoms with Crippen LogP contribution in [-0.4, -0.2) is 45.1 Å². The molecule has 1 atom stereocenters. The molecule has 0 aliphatic carbocycles. The van der Waals surface area contributed by atoms with Gasteiger partial charge in [0.1, 0.15) is 0 Å². The number of carbonyl (C=O) groups is 1. The van der Waals surface area contributed by atoms with Gasteiger partial charge in [-0.3, -0.25) is 14.3 Å². The minimum absolute atomic E-state index is 0.0910. The Morgan fingerprint density at radius 1 is 1.19 bits per heavy atom. The molecule has 162 valence electrons. The first-order valence-electron chi connectivity index (χ1n) is 10.9. The molecule has 5 nitrogen and oxygen atoms in total. The van der Waals surface area contributed by atoms with Crippen molar-refractivity contribution in [1.29, 1.82) is 0 Å². The summed E-state index contributed by atoms with van der Waals surface area (Å²) in [5.74, 6) is 1.36. The van der Waals surface area contributed by atoms with Gasteiger partial charge in [0.25, 0.3) is 0 Å². The van der Waals surface area contributed by atoms with Crippen molar-refractivity contribution in [2.24, 2.45) is 0 Å². The molecule has 0 amide bonds. The highest BCUT2D eigenvalue weighted by Gasteiger charge is 2.29. The lowest BCUT2D eigenvalue weighted by atomic mass is 9.97. The number of H-pyrrole nitrogens is 1. The van der Waals surface area contributed by atoms with Crippen LogP contribution in [0.1, 0.15) is 48.1 Å². The first-order valence-corrected chi connectivity index (χ1v) is 12.3. The molecule has 5 rings (SSSR count). The number of likely N-dealkylation sites (tertiary alicyclic amines) is 1. The lowest BCUT2D eigenvalue weighted by Gasteiger charge is -2.35. The predicted molar refractivity (Wildman–Crippen MR) is 127 cm³/mol. The van der Waals surface area contributed by atoms with Gasteiger partial charge in [-0.15, -0.1) is 11.8 Å². The van der Waals surface area contributed by atoms with E-state index >= 15 is 0 Å². The van der Waals surface area contributed by atoms with Crippen molar-refractivity contribution in [3.05, 3.63) is 63.0 Å². The molecule has 1 aromatic heterocycles. The van der Waals surface area contributed by atoms with E-state index in [4.69, 9.17) is 11.6 Å². The number of aromatic nitrogens is 2. The zero-order valence-electron chi connectivity index (χ0n) is 17.6. The molecule has 0 spiro atoms. The third kappa shape index (κ3) is 3.97. The smallest absolute Gasteiger partial charge is 0.305 e. The van der Waals surface area contributed by atoms with E-state index in [2.05, 4.69) is 22.0 Å². The van der Waals surface area contributed by atoms with Gasteiger partial charge < -0.3 is 4.98 Å². The van der Waals surface area contributed by atoms with Gasteiger partial charge in [0.15, 0.2) is 5.78 Å². The third-order valence-electron chi connectivity index (χ3n) is 6.66. The quantitative estimate of drug-likeness (QED) is 0.567. The molecule has 2 aliphatic rings. The van der Waals surface area contributed by atoms with Gasteiger partial charge in [0.2, 0.25) is 0 Å². The number of halogens is 1. The lowest BCUT2D eigenvalue weighted by molar-refractivity contribution is 0.0776. The van der Waals surface area contributed by atoms with Crippen LogP contribution in [0.25, 0.3) is 11.0 Å². The van der Waals surface area contributed by atoms with Crippen molar-refractivity contribution in [3.63, 3.8) is 0 Å². The maximum absolute atomic E-state index is 13.2. The van der Waals surface area contributed by atoms with Crippen LogP contribution < -0.4 is 5.69 Å². The SMILES string of the molecule is CC(C(=O)c1ccc2c(c1)CCCS2)N1CCC(n2c(=O)[nH]c3cc(Cl)ccc32)CC1. The molecule has 1 fully saturated rings. The normalized spacial score (nSPS) is 18.8. The highest BCUT2D eigenvalue weighted by atomic mass is 35.5. The average Bonchev–Trinajstić information content (AvgIpc) is 3.12. The fourth-order valence-electron chi connectivity index (χ4n) is 4.92. The minimum Gasteiger partial charge on any atom is -0.305 e. The van der Waals surface area contributed by atoms with E-state index in [9.17, 15) is 9.59 Å². The average molecular weight is 456 g/mol. The summed E-state index contributed by atoms with van der Waals surface area (Å²) >= 11 is 7.96. The van der Waals surface area contributed by atoms with Gasteiger partial charge in [-0.1, -0.05) is 17.7 Å². The van der Waals surface area contributed by atoms with Gasteiger partial charge >= 0.3 is 5.69 Å². The van der Waals surface area contributed by atoms with E-state index in [-0.39, 0.29) is 23.6 Å². The summed E-state index contributed by atoms with van der Waals surface area (Å²) in [6.07, 6.45) is 3.92. The Morgan fingerprint density at radius 2 is 2.00 bits per heavy atom. The summed E-state index contributed by atoms with van der Waals surface area (Å²) in [7, 11) is 0. The standard InChI is InChI=1S/C24H26ClN3O2S/c1-15(23(29)17-4-7-22-16(13-17)3-2-12-31-22)27-10-8-19(9-11-27)28-21-6-5-18(25)14-20(21)26-24(28)30/h4-7,13-15,19H,2-3,8-12H2,1H3,(H,26,30). The van der Waals surface area contributed by atoms with Gasteiger partial charge in [0, 0.05) is 34.6 Å². The number of imidazole rings is 1. The Kier molecular flexibility index (Phi) is 5.71. The number of aromatic amines is 1. The Labute approximate surface area is 190 Å². The van der Waals surface area contributed by atoms with Crippen molar-refractivity contribution >= 4 is 40.2 Å². The number of piperidine rings is 1. The first kappa shape index (κ1) is 20.9. The Bertz CT molecular complexity index is 1190. The van der Waals surface area contributed by atoms with Crippen LogP contribution in [-0.2, 0) is 6.42 Å². The molecule has 0 bridgehead atoms. The predicted octanol–water partition coefficient (Wildman–Crippen LogP) is 4.93. The summed E-state index contributed by atoms with van der Waals surface area (Å²) in [5.41, 5.74) is 3.71. The fourth-order valence-corrected chi connectivity index (χ4v) is 6.11. The van der Waals surface area contributed by atoms with Crippen molar-refractivity contribution in [3.8, 4) is 0 Å². The van der Waals surface area contributed by atoms with Crippen LogP contribution in [0.15, 0.2) is 46.1 Å². The van der Waals surface area contributed by atoms with Crippen molar-refractivity contribution in [2.75, 3.05) is 18.8 Å². The number of carbonyl (C=O) groups excluding carboxylic acids is 1. The van der Waals surface area contributed by atoms with Crippen LogP contribution in [0.3, 0.4) is 0 Å². The van der Waals surface area contributed by atoms with Crippen LogP contribution >= 0.6 is 23.4 Å². The number of benzene rings is 2. The third-order valence-corrected chi connectivity index (χ3v) is 8.10. The second-order valence-corrected chi connectivity index (χ2v) is 10.1. The molecule has 1 saturated heterocycles. The highest BCUT2D eigenvalue weighted by molar-refractivity contribution is 7.99. The topological polar surface area (TPSA) is 58.1 Å².